The first-order valence-corrected chi connectivity index (χ1v) is 6.95. The number of nitrogens with zero attached hydrogens (tertiary/aromatic N) is 4. The fraction of sp³-hybridized carbons (Fsp3) is 0.500. The van der Waals surface area contributed by atoms with Crippen LogP contribution >= 0.6 is 0 Å². The fourth-order valence-corrected chi connectivity index (χ4v) is 2.18. The zero-order valence-corrected chi connectivity index (χ0v) is 12.0. The molecule has 0 spiro atoms. The average molecular weight is 275 g/mol. The molecule has 0 unspecified atom stereocenters. The highest BCUT2D eigenvalue weighted by molar-refractivity contribution is 5.80. The van der Waals surface area contributed by atoms with E-state index in [0.717, 1.165) is 19.3 Å². The Morgan fingerprint density at radius 1 is 1.45 bits per heavy atom. The maximum Gasteiger partial charge on any atom is 0.244 e. The first kappa shape index (κ1) is 14.3. The van der Waals surface area contributed by atoms with Crippen molar-refractivity contribution in [1.29, 1.82) is 0 Å². The molecule has 1 amide bonds. The van der Waals surface area contributed by atoms with E-state index < -0.39 is 0 Å². The zero-order valence-electron chi connectivity index (χ0n) is 12.0. The van der Waals surface area contributed by atoms with Crippen LogP contribution in [0.25, 0.3) is 0 Å². The molecule has 2 aromatic heterocycles. The minimum atomic E-state index is -0.219. The van der Waals surface area contributed by atoms with Crippen molar-refractivity contribution in [2.75, 3.05) is 6.54 Å². The van der Waals surface area contributed by atoms with Crippen molar-refractivity contribution in [3.63, 3.8) is 0 Å². The maximum atomic E-state index is 12.1. The van der Waals surface area contributed by atoms with Gasteiger partial charge in [0.15, 0.2) is 0 Å². The Morgan fingerprint density at radius 3 is 2.90 bits per heavy atom. The van der Waals surface area contributed by atoms with Crippen molar-refractivity contribution < 1.29 is 4.79 Å². The summed E-state index contributed by atoms with van der Waals surface area (Å²) in [6, 6.07) is 1.61. The number of aromatic nitrogens is 4. The predicted octanol–water partition coefficient (Wildman–Crippen LogP) is 1.32. The second-order valence-electron chi connectivity index (χ2n) is 4.83. The van der Waals surface area contributed by atoms with Gasteiger partial charge in [0.25, 0.3) is 0 Å². The third-order valence-electron chi connectivity index (χ3n) is 3.23. The average Bonchev–Trinajstić information content (AvgIpc) is 3.08. The molecular formula is C14H21N5O. The van der Waals surface area contributed by atoms with Crippen LogP contribution in [-0.4, -0.2) is 32.0 Å². The summed E-state index contributed by atoms with van der Waals surface area (Å²) in [5.74, 6) is 0.0300. The highest BCUT2D eigenvalue weighted by Gasteiger charge is 2.17. The lowest BCUT2D eigenvalue weighted by molar-refractivity contribution is -0.124. The molecule has 20 heavy (non-hydrogen) atoms. The van der Waals surface area contributed by atoms with Gasteiger partial charge in [-0.25, -0.2) is 0 Å². The number of nitrogens with one attached hydrogen (secondary N) is 1. The van der Waals surface area contributed by atoms with Crippen LogP contribution in [0.15, 0.2) is 30.9 Å². The van der Waals surface area contributed by atoms with Crippen LogP contribution in [0.5, 0.6) is 0 Å². The van der Waals surface area contributed by atoms with Gasteiger partial charge in [0.05, 0.1) is 6.20 Å². The van der Waals surface area contributed by atoms with Crippen molar-refractivity contribution in [2.24, 2.45) is 7.05 Å². The Morgan fingerprint density at radius 2 is 2.30 bits per heavy atom. The summed E-state index contributed by atoms with van der Waals surface area (Å²) in [5, 5.41) is 11.2. The molecule has 0 aliphatic heterocycles. The number of amides is 1. The summed E-state index contributed by atoms with van der Waals surface area (Å²) in [4.78, 5) is 12.1. The monoisotopic (exact) mass is 275 g/mol. The van der Waals surface area contributed by atoms with E-state index in [0.29, 0.717) is 6.54 Å². The normalized spacial score (nSPS) is 12.3. The smallest absolute Gasteiger partial charge is 0.244 e. The van der Waals surface area contributed by atoms with Crippen LogP contribution in [-0.2, 0) is 18.3 Å². The quantitative estimate of drug-likeness (QED) is 0.775. The van der Waals surface area contributed by atoms with E-state index in [4.69, 9.17) is 0 Å². The Bertz CT molecular complexity index is 532. The van der Waals surface area contributed by atoms with Gasteiger partial charge in [0.2, 0.25) is 5.91 Å². The number of rotatable bonds is 7. The van der Waals surface area contributed by atoms with E-state index in [1.807, 2.05) is 38.6 Å². The second-order valence-corrected chi connectivity index (χ2v) is 4.83. The predicted molar refractivity (Wildman–Crippen MR) is 76.1 cm³/mol. The molecule has 108 valence electrons. The van der Waals surface area contributed by atoms with Crippen molar-refractivity contribution >= 4 is 5.91 Å². The Labute approximate surface area is 118 Å². The molecule has 0 aliphatic rings. The summed E-state index contributed by atoms with van der Waals surface area (Å²) in [7, 11) is 1.90. The Hall–Kier alpha value is -2.11. The standard InChI is InChI=1S/C14H21N5O/c1-3-13(19-9-5-8-16-19)14(20)15-7-4-6-12-10-17-18(2)11-12/h5,8-11,13H,3-4,6-7H2,1-2H3,(H,15,20)/t13-/m0/s1. The lowest BCUT2D eigenvalue weighted by Crippen LogP contribution is -2.33. The molecule has 0 aromatic carbocycles. The number of carbonyl (C=O) groups excluding carboxylic acids is 1. The lowest BCUT2D eigenvalue weighted by atomic mass is 10.2. The number of aryl methyl sites for hydroxylation is 2. The van der Waals surface area contributed by atoms with Gasteiger partial charge in [0.1, 0.15) is 6.04 Å². The molecule has 0 radical (unpaired) electrons. The molecule has 2 rings (SSSR count). The maximum absolute atomic E-state index is 12.1. The largest absolute Gasteiger partial charge is 0.354 e. The van der Waals surface area contributed by atoms with Gasteiger partial charge >= 0.3 is 0 Å². The van der Waals surface area contributed by atoms with Gasteiger partial charge in [-0.3, -0.25) is 14.2 Å². The third-order valence-corrected chi connectivity index (χ3v) is 3.23. The number of carbonyl (C=O) groups is 1. The topological polar surface area (TPSA) is 64.7 Å². The van der Waals surface area contributed by atoms with Crippen LogP contribution < -0.4 is 5.32 Å². The molecule has 1 N–H and O–H groups in total. The molecule has 0 bridgehead atoms. The molecule has 6 heteroatoms. The van der Waals surface area contributed by atoms with Crippen molar-refractivity contribution in [2.45, 2.75) is 32.2 Å². The molecular weight excluding hydrogens is 254 g/mol. The minimum absolute atomic E-state index is 0.0300. The van der Waals surface area contributed by atoms with Crippen LogP contribution in [0.3, 0.4) is 0 Å². The summed E-state index contributed by atoms with van der Waals surface area (Å²) >= 11 is 0. The first-order valence-electron chi connectivity index (χ1n) is 6.95. The molecule has 6 nitrogen and oxygen atoms in total. The van der Waals surface area contributed by atoms with Crippen molar-refractivity contribution in [1.82, 2.24) is 24.9 Å². The molecule has 1 atom stereocenters. The van der Waals surface area contributed by atoms with E-state index >= 15 is 0 Å². The molecule has 0 aliphatic carbocycles. The highest BCUT2D eigenvalue weighted by atomic mass is 16.2. The van der Waals surface area contributed by atoms with Gasteiger partial charge in [-0.2, -0.15) is 10.2 Å². The number of hydrogen-bond donors (Lipinski definition) is 1. The van der Waals surface area contributed by atoms with Crippen molar-refractivity contribution in [3.05, 3.63) is 36.4 Å². The zero-order chi connectivity index (χ0) is 14.4. The molecule has 0 saturated heterocycles. The molecule has 0 fully saturated rings. The highest BCUT2D eigenvalue weighted by Crippen LogP contribution is 2.09. The van der Waals surface area contributed by atoms with Gasteiger partial charge in [-0.15, -0.1) is 0 Å². The van der Waals surface area contributed by atoms with Gasteiger partial charge < -0.3 is 5.32 Å². The Balaban J connectivity index is 1.74. The molecule has 0 saturated carbocycles. The van der Waals surface area contributed by atoms with Gasteiger partial charge in [-0.05, 0) is 30.9 Å². The van der Waals surface area contributed by atoms with E-state index in [1.165, 1.54) is 5.56 Å². The van der Waals surface area contributed by atoms with Crippen LogP contribution in [0.1, 0.15) is 31.4 Å². The fourth-order valence-electron chi connectivity index (χ4n) is 2.18. The van der Waals surface area contributed by atoms with Crippen molar-refractivity contribution in [3.8, 4) is 0 Å². The van der Waals surface area contributed by atoms with Gasteiger partial charge in [-0.1, -0.05) is 6.92 Å². The second kappa shape index (κ2) is 6.88. The van der Waals surface area contributed by atoms with E-state index in [-0.39, 0.29) is 11.9 Å². The van der Waals surface area contributed by atoms with Crippen LogP contribution in [0, 0.1) is 0 Å². The van der Waals surface area contributed by atoms with Gasteiger partial charge in [0, 0.05) is 32.2 Å². The third kappa shape index (κ3) is 3.69. The van der Waals surface area contributed by atoms with E-state index in [9.17, 15) is 4.79 Å². The Kier molecular flexibility index (Phi) is 4.92. The minimum Gasteiger partial charge on any atom is -0.354 e. The van der Waals surface area contributed by atoms with Crippen LogP contribution in [0.2, 0.25) is 0 Å². The number of hydrogen-bond acceptors (Lipinski definition) is 3. The summed E-state index contributed by atoms with van der Waals surface area (Å²) in [6.45, 7) is 2.66. The summed E-state index contributed by atoms with van der Waals surface area (Å²) in [5.41, 5.74) is 1.20. The molecule has 2 aromatic rings. The van der Waals surface area contributed by atoms with E-state index in [1.54, 1.807) is 15.6 Å². The SMILES string of the molecule is CC[C@@H](C(=O)NCCCc1cnn(C)c1)n1cccn1. The first-order chi connectivity index (χ1) is 9.70. The van der Waals surface area contributed by atoms with E-state index in [2.05, 4.69) is 15.5 Å². The summed E-state index contributed by atoms with van der Waals surface area (Å²) in [6.07, 6.45) is 9.94. The van der Waals surface area contributed by atoms with Crippen LogP contribution in [0.4, 0.5) is 0 Å². The lowest BCUT2D eigenvalue weighted by Gasteiger charge is -2.15. The molecule has 2 heterocycles. The summed E-state index contributed by atoms with van der Waals surface area (Å²) < 4.78 is 3.50.